The molecule has 0 bridgehead atoms. The number of aromatic nitrogens is 2. The molecule has 1 N–H and O–H groups in total. The van der Waals surface area contributed by atoms with Crippen molar-refractivity contribution in [1.82, 2.24) is 9.97 Å². The van der Waals surface area contributed by atoms with Crippen LogP contribution in [0.5, 0.6) is 0 Å². The van der Waals surface area contributed by atoms with Crippen molar-refractivity contribution in [3.05, 3.63) is 76.4 Å². The van der Waals surface area contributed by atoms with Gasteiger partial charge in [0, 0.05) is 31.9 Å². The van der Waals surface area contributed by atoms with Crippen molar-refractivity contribution in [2.75, 3.05) is 41.3 Å². The van der Waals surface area contributed by atoms with Crippen LogP contribution in [0.15, 0.2) is 54.9 Å². The Labute approximate surface area is 179 Å². The van der Waals surface area contributed by atoms with Crippen molar-refractivity contribution >= 4 is 28.7 Å². The van der Waals surface area contributed by atoms with Crippen LogP contribution in [0, 0.1) is 15.9 Å². The SMILES string of the molecule is CCc1ccc(Nc2ncnc(N3CCN(c4ccccc4F)CC3)c2[N+](=O)[O-])cc1. The fraction of sp³-hybridized carbons (Fsp3) is 0.273. The molecule has 1 saturated heterocycles. The average Bonchev–Trinajstić information content (AvgIpc) is 2.80. The Morgan fingerprint density at radius 2 is 1.71 bits per heavy atom. The molecule has 0 atom stereocenters. The molecule has 0 amide bonds. The summed E-state index contributed by atoms with van der Waals surface area (Å²) in [6, 6.07) is 14.3. The second-order valence-corrected chi connectivity index (χ2v) is 7.25. The van der Waals surface area contributed by atoms with E-state index in [0.29, 0.717) is 37.6 Å². The smallest absolute Gasteiger partial charge is 0.353 e. The maximum atomic E-state index is 14.1. The van der Waals surface area contributed by atoms with E-state index in [1.807, 2.05) is 34.1 Å². The highest BCUT2D eigenvalue weighted by atomic mass is 19.1. The lowest BCUT2D eigenvalue weighted by Crippen LogP contribution is -2.47. The van der Waals surface area contributed by atoms with Gasteiger partial charge in [-0.15, -0.1) is 0 Å². The minimum atomic E-state index is -0.457. The Hall–Kier alpha value is -3.75. The lowest BCUT2D eigenvalue weighted by atomic mass is 10.1. The van der Waals surface area contributed by atoms with E-state index in [-0.39, 0.29) is 23.1 Å². The van der Waals surface area contributed by atoms with Crippen LogP contribution in [0.1, 0.15) is 12.5 Å². The minimum Gasteiger partial charge on any atom is -0.366 e. The first-order valence-electron chi connectivity index (χ1n) is 10.2. The molecule has 4 rings (SSSR count). The van der Waals surface area contributed by atoms with Crippen molar-refractivity contribution in [1.29, 1.82) is 0 Å². The number of aryl methyl sites for hydroxylation is 1. The van der Waals surface area contributed by atoms with Crippen LogP contribution in [-0.4, -0.2) is 41.1 Å². The zero-order chi connectivity index (χ0) is 21.8. The van der Waals surface area contributed by atoms with Gasteiger partial charge < -0.3 is 15.1 Å². The highest BCUT2D eigenvalue weighted by Gasteiger charge is 2.29. The van der Waals surface area contributed by atoms with Crippen molar-refractivity contribution in [2.24, 2.45) is 0 Å². The molecule has 1 aliphatic heterocycles. The van der Waals surface area contributed by atoms with Crippen LogP contribution in [0.3, 0.4) is 0 Å². The van der Waals surface area contributed by atoms with Crippen molar-refractivity contribution < 1.29 is 9.31 Å². The lowest BCUT2D eigenvalue weighted by molar-refractivity contribution is -0.383. The molecule has 3 aromatic rings. The standard InChI is InChI=1S/C22H23FN6O2/c1-2-16-7-9-17(10-8-16)26-21-20(29(30)31)22(25-15-24-21)28-13-11-27(12-14-28)19-6-4-3-5-18(19)23/h3-10,15H,2,11-14H2,1H3,(H,24,25,26). The number of nitrogens with one attached hydrogen (secondary N) is 1. The third-order valence-electron chi connectivity index (χ3n) is 5.38. The molecule has 0 radical (unpaired) electrons. The van der Waals surface area contributed by atoms with E-state index in [9.17, 15) is 14.5 Å². The molecule has 9 heteroatoms. The molecule has 1 fully saturated rings. The summed E-state index contributed by atoms with van der Waals surface area (Å²) in [4.78, 5) is 23.6. The maximum absolute atomic E-state index is 14.1. The highest BCUT2D eigenvalue weighted by molar-refractivity contribution is 5.74. The monoisotopic (exact) mass is 422 g/mol. The Balaban J connectivity index is 1.55. The molecule has 0 saturated carbocycles. The summed E-state index contributed by atoms with van der Waals surface area (Å²) in [6.07, 6.45) is 2.24. The number of anilines is 4. The molecule has 31 heavy (non-hydrogen) atoms. The Kier molecular flexibility index (Phi) is 5.92. The second kappa shape index (κ2) is 8.95. The number of benzene rings is 2. The lowest BCUT2D eigenvalue weighted by Gasteiger charge is -2.36. The predicted octanol–water partition coefficient (Wildman–Crippen LogP) is 4.16. The van der Waals surface area contributed by atoms with E-state index in [1.165, 1.54) is 18.0 Å². The highest BCUT2D eigenvalue weighted by Crippen LogP contribution is 2.34. The van der Waals surface area contributed by atoms with Gasteiger partial charge in [-0.1, -0.05) is 31.2 Å². The molecule has 160 valence electrons. The summed E-state index contributed by atoms with van der Waals surface area (Å²) in [6.45, 7) is 4.09. The van der Waals surface area contributed by atoms with Gasteiger partial charge in [0.2, 0.25) is 11.6 Å². The number of hydrogen-bond donors (Lipinski definition) is 1. The van der Waals surface area contributed by atoms with E-state index in [0.717, 1.165) is 6.42 Å². The van der Waals surface area contributed by atoms with Crippen LogP contribution >= 0.6 is 0 Å². The molecular formula is C22H23FN6O2. The molecule has 2 aromatic carbocycles. The van der Waals surface area contributed by atoms with E-state index in [1.54, 1.807) is 18.2 Å². The number of para-hydroxylation sites is 1. The molecule has 0 spiro atoms. The minimum absolute atomic E-state index is 0.149. The van der Waals surface area contributed by atoms with Gasteiger partial charge in [0.25, 0.3) is 0 Å². The second-order valence-electron chi connectivity index (χ2n) is 7.25. The van der Waals surface area contributed by atoms with Gasteiger partial charge >= 0.3 is 5.69 Å². The first-order chi connectivity index (χ1) is 15.1. The topological polar surface area (TPSA) is 87.4 Å². The number of nitrogens with zero attached hydrogens (tertiary/aromatic N) is 5. The van der Waals surface area contributed by atoms with Crippen LogP contribution in [0.2, 0.25) is 0 Å². The summed E-state index contributed by atoms with van der Waals surface area (Å²) >= 11 is 0. The largest absolute Gasteiger partial charge is 0.366 e. The molecular weight excluding hydrogens is 399 g/mol. The number of nitro groups is 1. The summed E-state index contributed by atoms with van der Waals surface area (Å²) in [5.74, 6) is 0.140. The molecule has 1 aromatic heterocycles. The molecule has 2 heterocycles. The average molecular weight is 422 g/mol. The maximum Gasteiger partial charge on any atom is 0.353 e. The van der Waals surface area contributed by atoms with Gasteiger partial charge in [-0.05, 0) is 36.2 Å². The number of rotatable bonds is 6. The van der Waals surface area contributed by atoms with Gasteiger partial charge in [0.15, 0.2) is 0 Å². The van der Waals surface area contributed by atoms with Crippen LogP contribution in [-0.2, 0) is 6.42 Å². The fourth-order valence-electron chi connectivity index (χ4n) is 3.69. The van der Waals surface area contributed by atoms with Crippen LogP contribution in [0.25, 0.3) is 0 Å². The molecule has 0 aliphatic carbocycles. The van der Waals surface area contributed by atoms with Crippen molar-refractivity contribution in [3.63, 3.8) is 0 Å². The first kappa shape index (κ1) is 20.5. The number of hydrogen-bond acceptors (Lipinski definition) is 7. The predicted molar refractivity (Wildman–Crippen MR) is 119 cm³/mol. The van der Waals surface area contributed by atoms with E-state index in [2.05, 4.69) is 22.2 Å². The number of piperazine rings is 1. The summed E-state index contributed by atoms with van der Waals surface area (Å²) in [7, 11) is 0. The van der Waals surface area contributed by atoms with Gasteiger partial charge in [-0.25, -0.2) is 14.4 Å². The van der Waals surface area contributed by atoms with Crippen molar-refractivity contribution in [3.8, 4) is 0 Å². The Bertz CT molecular complexity index is 1070. The fourth-order valence-corrected chi connectivity index (χ4v) is 3.69. The third-order valence-corrected chi connectivity index (χ3v) is 5.38. The zero-order valence-corrected chi connectivity index (χ0v) is 17.2. The molecule has 1 aliphatic rings. The molecule has 0 unspecified atom stereocenters. The summed E-state index contributed by atoms with van der Waals surface area (Å²) < 4.78 is 14.1. The van der Waals surface area contributed by atoms with Gasteiger partial charge in [0.1, 0.15) is 12.1 Å². The number of halogens is 1. The normalized spacial score (nSPS) is 13.9. The first-order valence-corrected chi connectivity index (χ1v) is 10.2. The Morgan fingerprint density at radius 3 is 2.35 bits per heavy atom. The van der Waals surface area contributed by atoms with Crippen LogP contribution in [0.4, 0.5) is 33.1 Å². The van der Waals surface area contributed by atoms with E-state index in [4.69, 9.17) is 0 Å². The van der Waals surface area contributed by atoms with E-state index >= 15 is 0 Å². The third kappa shape index (κ3) is 4.40. The van der Waals surface area contributed by atoms with Gasteiger partial charge in [-0.3, -0.25) is 10.1 Å². The van der Waals surface area contributed by atoms with Gasteiger partial charge in [-0.2, -0.15) is 0 Å². The van der Waals surface area contributed by atoms with Gasteiger partial charge in [0.05, 0.1) is 10.6 Å². The summed E-state index contributed by atoms with van der Waals surface area (Å²) in [5, 5.41) is 15.0. The van der Waals surface area contributed by atoms with Crippen molar-refractivity contribution in [2.45, 2.75) is 13.3 Å². The molecule has 8 nitrogen and oxygen atoms in total. The Morgan fingerprint density at radius 1 is 1.03 bits per heavy atom. The summed E-state index contributed by atoms with van der Waals surface area (Å²) in [5.41, 5.74) is 2.27. The van der Waals surface area contributed by atoms with Crippen LogP contribution < -0.4 is 15.1 Å². The quantitative estimate of drug-likeness (QED) is 0.471. The van der Waals surface area contributed by atoms with E-state index < -0.39 is 4.92 Å². The zero-order valence-electron chi connectivity index (χ0n) is 17.2.